The van der Waals surface area contributed by atoms with E-state index in [1.165, 1.54) is 20.3 Å². The average molecular weight is 522 g/mol. The number of carboxylic acids is 1. The molecule has 0 atom stereocenters. The van der Waals surface area contributed by atoms with E-state index in [0.29, 0.717) is 34.5 Å². The summed E-state index contributed by atoms with van der Waals surface area (Å²) in [5, 5.41) is 11.9. The van der Waals surface area contributed by atoms with Gasteiger partial charge in [-0.3, -0.25) is 9.78 Å². The number of nitrogens with one attached hydrogen (secondary N) is 1. The van der Waals surface area contributed by atoms with E-state index in [1.54, 1.807) is 12.1 Å². The number of pyridine rings is 1. The molecule has 2 aromatic heterocycles. The largest absolute Gasteiger partial charge is 0.493 e. The van der Waals surface area contributed by atoms with Gasteiger partial charge in [-0.05, 0) is 60.0 Å². The number of ether oxygens (including phenoxy) is 3. The lowest BCUT2D eigenvalue weighted by Crippen LogP contribution is -2.23. The van der Waals surface area contributed by atoms with Crippen LogP contribution in [0.4, 0.5) is 4.39 Å². The van der Waals surface area contributed by atoms with Crippen molar-refractivity contribution < 1.29 is 33.3 Å². The number of methoxy groups -OCH3 is 2. The number of carbonyl (C=O) groups is 2. The first-order valence-electron chi connectivity index (χ1n) is 11.8. The van der Waals surface area contributed by atoms with Gasteiger partial charge in [-0.15, -0.1) is 0 Å². The van der Waals surface area contributed by atoms with Crippen LogP contribution in [0.3, 0.4) is 0 Å². The molecule has 2 N–H and O–H groups in total. The maximum Gasteiger partial charge on any atom is 0.341 e. The van der Waals surface area contributed by atoms with Crippen molar-refractivity contribution in [2.45, 2.75) is 19.9 Å². The third-order valence-corrected chi connectivity index (χ3v) is 6.28. The quantitative estimate of drug-likeness (QED) is 0.414. The third-order valence-electron chi connectivity index (χ3n) is 6.28. The van der Waals surface area contributed by atoms with E-state index in [9.17, 15) is 14.0 Å². The number of hydrogen-bond donors (Lipinski definition) is 2. The highest BCUT2D eigenvalue weighted by Crippen LogP contribution is 2.44. The molecule has 0 bridgehead atoms. The van der Waals surface area contributed by atoms with Gasteiger partial charge in [0.25, 0.3) is 0 Å². The zero-order chi connectivity index (χ0) is 27.4. The number of carboxylic acid groups (broad SMARTS) is 1. The van der Waals surface area contributed by atoms with Crippen molar-refractivity contribution in [3.63, 3.8) is 0 Å². The van der Waals surface area contributed by atoms with Crippen molar-refractivity contribution in [1.82, 2.24) is 14.9 Å². The predicted octanol–water partition coefficient (Wildman–Crippen LogP) is 4.07. The second-order valence-corrected chi connectivity index (χ2v) is 8.71. The van der Waals surface area contributed by atoms with Crippen molar-refractivity contribution in [2.24, 2.45) is 7.05 Å². The van der Waals surface area contributed by atoms with E-state index in [0.717, 1.165) is 17.5 Å². The minimum Gasteiger partial charge on any atom is -0.493 e. The molecule has 1 amide bonds. The van der Waals surface area contributed by atoms with Gasteiger partial charge >= 0.3 is 5.97 Å². The van der Waals surface area contributed by atoms with Gasteiger partial charge in [0.15, 0.2) is 18.1 Å². The number of amides is 1. The summed E-state index contributed by atoms with van der Waals surface area (Å²) in [5.74, 6) is -1.10. The van der Waals surface area contributed by atoms with E-state index >= 15 is 0 Å². The molecule has 0 radical (unpaired) electrons. The second-order valence-electron chi connectivity index (χ2n) is 8.71. The predicted molar refractivity (Wildman–Crippen MR) is 139 cm³/mol. The Morgan fingerprint density at radius 1 is 1.18 bits per heavy atom. The Kier molecular flexibility index (Phi) is 7.80. The van der Waals surface area contributed by atoms with Gasteiger partial charge in [-0.2, -0.15) is 0 Å². The van der Waals surface area contributed by atoms with Crippen LogP contribution < -0.4 is 19.5 Å². The number of nitrogens with zero attached hydrogens (tertiary/aromatic N) is 2. The third kappa shape index (κ3) is 5.54. The molecule has 0 unspecified atom stereocenters. The second kappa shape index (κ2) is 11.2. The highest BCUT2D eigenvalue weighted by Gasteiger charge is 2.27. The summed E-state index contributed by atoms with van der Waals surface area (Å²) in [7, 11) is 4.78. The van der Waals surface area contributed by atoms with Crippen molar-refractivity contribution in [2.75, 3.05) is 20.8 Å². The minimum atomic E-state index is -1.14. The zero-order valence-corrected chi connectivity index (χ0v) is 21.5. The Hall–Kier alpha value is -4.60. The molecule has 1 aliphatic carbocycles. The molecule has 0 aliphatic heterocycles. The number of benzene rings is 1. The van der Waals surface area contributed by atoms with Gasteiger partial charge in [0, 0.05) is 30.1 Å². The Bertz CT molecular complexity index is 1430. The highest BCUT2D eigenvalue weighted by atomic mass is 19.1. The minimum absolute atomic E-state index is 0.0559. The number of aryl methyl sites for hydroxylation is 1. The van der Waals surface area contributed by atoms with Crippen LogP contribution in [0.1, 0.15) is 35.9 Å². The first-order chi connectivity index (χ1) is 18.2. The molecular weight excluding hydrogens is 493 g/mol. The van der Waals surface area contributed by atoms with Crippen LogP contribution >= 0.6 is 0 Å². The van der Waals surface area contributed by atoms with Gasteiger partial charge in [0.1, 0.15) is 5.82 Å². The maximum atomic E-state index is 14.2. The van der Waals surface area contributed by atoms with E-state index in [2.05, 4.69) is 10.3 Å². The van der Waals surface area contributed by atoms with Gasteiger partial charge in [-0.1, -0.05) is 0 Å². The fraction of sp³-hybridized carbons (Fsp3) is 0.250. The van der Waals surface area contributed by atoms with Gasteiger partial charge in [-0.25, -0.2) is 9.18 Å². The summed E-state index contributed by atoms with van der Waals surface area (Å²) in [6, 6.07) is 8.57. The number of aromatic nitrogens is 2. The van der Waals surface area contributed by atoms with Crippen molar-refractivity contribution in [3.8, 4) is 17.2 Å². The molecule has 10 heteroatoms. The van der Waals surface area contributed by atoms with Crippen LogP contribution in [-0.4, -0.2) is 47.4 Å². The van der Waals surface area contributed by atoms with Gasteiger partial charge < -0.3 is 29.2 Å². The summed E-state index contributed by atoms with van der Waals surface area (Å²) >= 11 is 0. The zero-order valence-electron chi connectivity index (χ0n) is 21.5. The Morgan fingerprint density at radius 3 is 2.50 bits per heavy atom. The van der Waals surface area contributed by atoms with Crippen LogP contribution in [0.15, 0.2) is 48.3 Å². The molecule has 9 nitrogen and oxygen atoms in total. The summed E-state index contributed by atoms with van der Waals surface area (Å²) in [6.07, 6.45) is 4.93. The summed E-state index contributed by atoms with van der Waals surface area (Å²) in [4.78, 5) is 28.2. The highest BCUT2D eigenvalue weighted by molar-refractivity contribution is 6.07. The fourth-order valence-electron chi connectivity index (χ4n) is 4.35. The fourth-order valence-corrected chi connectivity index (χ4v) is 4.35. The number of aliphatic carboxylic acids is 1. The first-order valence-corrected chi connectivity index (χ1v) is 11.8. The van der Waals surface area contributed by atoms with Crippen molar-refractivity contribution in [3.05, 3.63) is 76.6 Å². The molecule has 1 aromatic carbocycles. The number of carbonyl (C=O) groups excluding carboxylic acids is 1. The van der Waals surface area contributed by atoms with Crippen LogP contribution in [0.2, 0.25) is 0 Å². The molecule has 2 heterocycles. The molecule has 0 spiro atoms. The topological polar surface area (TPSA) is 112 Å². The van der Waals surface area contributed by atoms with Gasteiger partial charge in [0.05, 0.1) is 39.1 Å². The number of hydrogen-bond acceptors (Lipinski definition) is 6. The molecule has 0 saturated carbocycles. The maximum absolute atomic E-state index is 14.2. The van der Waals surface area contributed by atoms with E-state index in [1.807, 2.05) is 42.9 Å². The van der Waals surface area contributed by atoms with E-state index < -0.39 is 18.4 Å². The van der Waals surface area contributed by atoms with Crippen LogP contribution in [0.25, 0.3) is 17.2 Å². The molecule has 0 saturated heterocycles. The lowest BCUT2D eigenvalue weighted by molar-refractivity contribution is -0.139. The summed E-state index contributed by atoms with van der Waals surface area (Å²) in [6.45, 7) is 1.68. The van der Waals surface area contributed by atoms with Crippen LogP contribution in [0.5, 0.6) is 17.2 Å². The smallest absolute Gasteiger partial charge is 0.341 e. The molecule has 3 aromatic rings. The number of rotatable bonds is 10. The SMILES string of the molecule is COc1cc(C=C2C(C)=C(CC(=O)NCc3cccn3C)c3cc(F)cnc32)cc(OC)c1OCC(=O)O. The van der Waals surface area contributed by atoms with Crippen molar-refractivity contribution >= 4 is 29.1 Å². The Balaban J connectivity index is 1.69. The molecule has 1 aliphatic rings. The van der Waals surface area contributed by atoms with E-state index in [-0.39, 0.29) is 29.6 Å². The molecule has 38 heavy (non-hydrogen) atoms. The van der Waals surface area contributed by atoms with Crippen molar-refractivity contribution in [1.29, 1.82) is 0 Å². The number of fused-ring (bicyclic) bond motifs is 1. The Morgan fingerprint density at radius 2 is 1.89 bits per heavy atom. The summed E-state index contributed by atoms with van der Waals surface area (Å²) < 4.78 is 32.3. The normalized spacial score (nSPS) is 13.4. The molecule has 0 fully saturated rings. The van der Waals surface area contributed by atoms with Crippen LogP contribution in [0, 0.1) is 5.82 Å². The molecule has 198 valence electrons. The molecular formula is C28H28FN3O6. The van der Waals surface area contributed by atoms with Gasteiger partial charge in [0.2, 0.25) is 11.7 Å². The first kappa shape index (κ1) is 26.5. The number of halogens is 1. The monoisotopic (exact) mass is 521 g/mol. The van der Waals surface area contributed by atoms with E-state index in [4.69, 9.17) is 19.3 Å². The average Bonchev–Trinajstić information content (AvgIpc) is 3.41. The lowest BCUT2D eigenvalue weighted by atomic mass is 10.0. The number of allylic oxidation sites excluding steroid dienone is 2. The lowest BCUT2D eigenvalue weighted by Gasteiger charge is -2.14. The Labute approximate surface area is 219 Å². The molecule has 4 rings (SSSR count). The summed E-state index contributed by atoms with van der Waals surface area (Å²) in [5.41, 5.74) is 4.92. The standard InChI is InChI=1S/C28H28FN3O6/c1-16-20(12-25(33)30-14-19-6-5-7-32(19)2)22-11-18(29)13-31-27(22)21(16)8-17-9-23(36-3)28(24(10-17)37-4)38-15-26(34)35/h5-11,13H,12,14-15H2,1-4H3,(H,30,33)(H,34,35). The van der Waals surface area contributed by atoms with Crippen LogP contribution in [-0.2, 0) is 23.2 Å².